The van der Waals surface area contributed by atoms with Crippen LogP contribution < -0.4 is 29.7 Å². The van der Waals surface area contributed by atoms with Crippen molar-refractivity contribution in [3.63, 3.8) is 0 Å². The predicted octanol–water partition coefficient (Wildman–Crippen LogP) is 3.60. The van der Waals surface area contributed by atoms with Gasteiger partial charge in [0.05, 0.1) is 36.1 Å². The molecule has 38 heavy (non-hydrogen) atoms. The van der Waals surface area contributed by atoms with Crippen LogP contribution in [0.15, 0.2) is 93.9 Å². The first-order valence-corrected chi connectivity index (χ1v) is 12.6. The summed E-state index contributed by atoms with van der Waals surface area (Å²) in [5.74, 6) is 0.550. The van der Waals surface area contributed by atoms with Gasteiger partial charge in [0.1, 0.15) is 5.75 Å². The molecule has 8 nitrogen and oxygen atoms in total. The van der Waals surface area contributed by atoms with E-state index in [9.17, 15) is 14.7 Å². The standard InChI is InChI=1S/C29H25N3O5S/c1-17-24(27(34)31-20-9-5-4-6-10-20)25(18-12-14-21(36-2)15-13-18)32-28(35)23(38-29(32)30-17)16-19-8-7-11-22(37-3)26(19)33/h4-16,25,33H,1-3H3,(H,31,34)/b23-16+/t25-/m1/s1. The van der Waals surface area contributed by atoms with Crippen molar-refractivity contribution in [2.45, 2.75) is 13.0 Å². The molecular weight excluding hydrogens is 502 g/mol. The van der Waals surface area contributed by atoms with Crippen molar-refractivity contribution in [1.29, 1.82) is 0 Å². The van der Waals surface area contributed by atoms with Crippen molar-refractivity contribution in [2.24, 2.45) is 4.99 Å². The quantitative estimate of drug-likeness (QED) is 0.399. The van der Waals surface area contributed by atoms with Gasteiger partial charge in [-0.05, 0) is 48.9 Å². The molecule has 0 spiro atoms. The molecule has 5 rings (SSSR count). The number of rotatable bonds is 6. The Kier molecular flexibility index (Phi) is 6.85. The molecule has 1 aliphatic heterocycles. The number of carbonyl (C=O) groups excluding carboxylic acids is 1. The Hall–Kier alpha value is -4.63. The van der Waals surface area contributed by atoms with Gasteiger partial charge in [0.25, 0.3) is 11.5 Å². The van der Waals surface area contributed by atoms with Crippen molar-refractivity contribution < 1.29 is 19.4 Å². The van der Waals surface area contributed by atoms with Gasteiger partial charge in [-0.15, -0.1) is 0 Å². The Labute approximate surface area is 222 Å². The zero-order valence-electron chi connectivity index (χ0n) is 21.0. The maximum absolute atomic E-state index is 13.8. The second-order valence-corrected chi connectivity index (χ2v) is 9.58. The van der Waals surface area contributed by atoms with Gasteiger partial charge in [-0.2, -0.15) is 0 Å². The summed E-state index contributed by atoms with van der Waals surface area (Å²) in [6.45, 7) is 1.77. The molecule has 1 atom stereocenters. The minimum atomic E-state index is -0.720. The number of nitrogens with one attached hydrogen (secondary N) is 1. The monoisotopic (exact) mass is 527 g/mol. The molecule has 0 unspecified atom stereocenters. The normalized spacial score (nSPS) is 15.0. The van der Waals surface area contributed by atoms with Gasteiger partial charge in [-0.25, -0.2) is 4.99 Å². The maximum atomic E-state index is 13.8. The number of methoxy groups -OCH3 is 2. The van der Waals surface area contributed by atoms with Crippen LogP contribution in [-0.2, 0) is 4.79 Å². The highest BCUT2D eigenvalue weighted by atomic mass is 32.1. The van der Waals surface area contributed by atoms with E-state index in [0.717, 1.165) is 5.56 Å². The zero-order chi connectivity index (χ0) is 26.8. The minimum Gasteiger partial charge on any atom is -0.504 e. The first kappa shape index (κ1) is 25.0. The lowest BCUT2D eigenvalue weighted by Crippen LogP contribution is -2.40. The van der Waals surface area contributed by atoms with E-state index in [-0.39, 0.29) is 17.2 Å². The molecule has 2 heterocycles. The number of benzene rings is 3. The van der Waals surface area contributed by atoms with E-state index in [1.807, 2.05) is 30.3 Å². The summed E-state index contributed by atoms with van der Waals surface area (Å²) in [4.78, 5) is 32.5. The summed E-state index contributed by atoms with van der Waals surface area (Å²) in [5.41, 5.74) is 2.36. The number of aromatic hydroxyl groups is 1. The van der Waals surface area contributed by atoms with E-state index in [0.29, 0.717) is 43.4 Å². The number of allylic oxidation sites excluding steroid dienone is 1. The molecule has 1 aliphatic rings. The molecule has 192 valence electrons. The van der Waals surface area contributed by atoms with E-state index >= 15 is 0 Å². The largest absolute Gasteiger partial charge is 0.504 e. The number of thiazole rings is 1. The number of phenols is 1. The topological polar surface area (TPSA) is 102 Å². The van der Waals surface area contributed by atoms with Crippen molar-refractivity contribution >= 4 is 29.0 Å². The van der Waals surface area contributed by atoms with E-state index in [1.54, 1.807) is 62.6 Å². The fourth-order valence-electron chi connectivity index (χ4n) is 4.40. The number of para-hydroxylation sites is 2. The molecule has 0 saturated carbocycles. The first-order chi connectivity index (χ1) is 18.4. The Morgan fingerprint density at radius 2 is 1.76 bits per heavy atom. The second kappa shape index (κ2) is 10.4. The van der Waals surface area contributed by atoms with Crippen molar-refractivity contribution in [3.05, 3.63) is 115 Å². The van der Waals surface area contributed by atoms with E-state index in [4.69, 9.17) is 9.47 Å². The minimum absolute atomic E-state index is 0.0633. The molecule has 1 aromatic heterocycles. The number of fused-ring (bicyclic) bond motifs is 1. The summed E-state index contributed by atoms with van der Waals surface area (Å²) in [6, 6.07) is 20.7. The average molecular weight is 528 g/mol. The van der Waals surface area contributed by atoms with Gasteiger partial charge in [0.2, 0.25) is 0 Å². The molecule has 3 aromatic carbocycles. The highest BCUT2D eigenvalue weighted by Crippen LogP contribution is 2.32. The number of ether oxygens (including phenoxy) is 2. The number of carbonyl (C=O) groups is 1. The summed E-state index contributed by atoms with van der Waals surface area (Å²) in [6.07, 6.45) is 1.61. The van der Waals surface area contributed by atoms with Gasteiger partial charge in [-0.1, -0.05) is 53.8 Å². The molecule has 4 aromatic rings. The summed E-state index contributed by atoms with van der Waals surface area (Å²) < 4.78 is 12.4. The summed E-state index contributed by atoms with van der Waals surface area (Å²) >= 11 is 1.19. The van der Waals surface area contributed by atoms with Crippen molar-refractivity contribution in [1.82, 2.24) is 4.57 Å². The second-order valence-electron chi connectivity index (χ2n) is 8.57. The van der Waals surface area contributed by atoms with Crippen LogP contribution in [0.25, 0.3) is 6.08 Å². The van der Waals surface area contributed by atoms with Crippen LogP contribution in [0, 0.1) is 0 Å². The molecular formula is C29H25N3O5S. The first-order valence-electron chi connectivity index (χ1n) is 11.8. The summed E-state index contributed by atoms with van der Waals surface area (Å²) in [7, 11) is 3.04. The van der Waals surface area contributed by atoms with Gasteiger partial charge < -0.3 is 19.9 Å². The molecule has 0 bridgehead atoms. The predicted molar refractivity (Wildman–Crippen MR) is 146 cm³/mol. The van der Waals surface area contributed by atoms with Crippen LogP contribution in [-0.4, -0.2) is 29.8 Å². The Bertz CT molecular complexity index is 1720. The van der Waals surface area contributed by atoms with Crippen LogP contribution in [0.3, 0.4) is 0 Å². The van der Waals surface area contributed by atoms with E-state index in [1.165, 1.54) is 23.0 Å². The zero-order valence-corrected chi connectivity index (χ0v) is 21.8. The van der Waals surface area contributed by atoms with Gasteiger partial charge >= 0.3 is 0 Å². The van der Waals surface area contributed by atoms with Crippen LogP contribution >= 0.6 is 11.3 Å². The number of phenolic OH excluding ortho intramolecular Hbond substituents is 1. The smallest absolute Gasteiger partial charge is 0.271 e. The number of nitrogens with zero attached hydrogens (tertiary/aromatic N) is 2. The fraction of sp³-hybridized carbons (Fsp3) is 0.138. The van der Waals surface area contributed by atoms with E-state index in [2.05, 4.69) is 10.3 Å². The number of hydrogen-bond donors (Lipinski definition) is 2. The lowest BCUT2D eigenvalue weighted by Gasteiger charge is -2.25. The Morgan fingerprint density at radius 1 is 1.03 bits per heavy atom. The highest BCUT2D eigenvalue weighted by molar-refractivity contribution is 7.07. The van der Waals surface area contributed by atoms with Crippen LogP contribution in [0.2, 0.25) is 0 Å². The molecule has 0 aliphatic carbocycles. The van der Waals surface area contributed by atoms with Crippen LogP contribution in [0.5, 0.6) is 17.2 Å². The molecule has 9 heteroatoms. The number of amides is 1. The maximum Gasteiger partial charge on any atom is 0.271 e. The fourth-order valence-corrected chi connectivity index (χ4v) is 5.43. The number of anilines is 1. The third-order valence-electron chi connectivity index (χ3n) is 6.27. The third kappa shape index (κ3) is 4.59. The van der Waals surface area contributed by atoms with Crippen molar-refractivity contribution in [2.75, 3.05) is 19.5 Å². The van der Waals surface area contributed by atoms with Gasteiger partial charge in [0.15, 0.2) is 16.3 Å². The molecule has 0 fully saturated rings. The molecule has 1 amide bonds. The average Bonchev–Trinajstić information content (AvgIpc) is 3.23. The van der Waals surface area contributed by atoms with Crippen molar-refractivity contribution in [3.8, 4) is 17.2 Å². The molecule has 0 radical (unpaired) electrons. The van der Waals surface area contributed by atoms with Gasteiger partial charge in [-0.3, -0.25) is 14.2 Å². The van der Waals surface area contributed by atoms with Crippen LogP contribution in [0.4, 0.5) is 5.69 Å². The Balaban J connectivity index is 1.68. The number of hydrogen-bond acceptors (Lipinski definition) is 7. The van der Waals surface area contributed by atoms with Crippen LogP contribution in [0.1, 0.15) is 24.1 Å². The Morgan fingerprint density at radius 3 is 2.45 bits per heavy atom. The lowest BCUT2D eigenvalue weighted by atomic mass is 9.95. The molecule has 0 saturated heterocycles. The van der Waals surface area contributed by atoms with E-state index < -0.39 is 6.04 Å². The SMILES string of the molecule is COc1ccc([C@@H]2C(C(=O)Nc3ccccc3)=C(C)N=c3s/c(=C/c4cccc(OC)c4O)c(=O)n32)cc1. The van der Waals surface area contributed by atoms with Gasteiger partial charge in [0, 0.05) is 11.3 Å². The highest BCUT2D eigenvalue weighted by Gasteiger charge is 2.32. The molecule has 2 N–H and O–H groups in total. The third-order valence-corrected chi connectivity index (χ3v) is 7.25. The number of aromatic nitrogens is 1. The lowest BCUT2D eigenvalue weighted by molar-refractivity contribution is -0.113. The summed E-state index contributed by atoms with van der Waals surface area (Å²) in [5, 5.41) is 13.5.